The molecule has 0 aliphatic heterocycles. The molecule has 0 spiro atoms. The molecule has 0 unspecified atom stereocenters. The molecule has 0 aliphatic carbocycles. The van der Waals surface area contributed by atoms with E-state index in [0.717, 1.165) is 7.11 Å². The molecule has 1 amide bonds. The average Bonchev–Trinajstić information content (AvgIpc) is 2.28. The highest BCUT2D eigenvalue weighted by Gasteiger charge is 2.50. The zero-order chi connectivity index (χ0) is 13.6. The van der Waals surface area contributed by atoms with Gasteiger partial charge in [0, 0.05) is 13.1 Å². The van der Waals surface area contributed by atoms with E-state index in [0.29, 0.717) is 4.90 Å². The standard InChI is InChI=1S/C9H13F4NO3/c1-3-14(5-4-6(15)17-2)8(16)9(12,13)7(10)11/h7H,3-5H2,1-2H3. The average molecular weight is 259 g/mol. The molecule has 0 bridgehead atoms. The molecule has 0 rings (SSSR count). The molecule has 0 N–H and O–H groups in total. The lowest BCUT2D eigenvalue weighted by molar-refractivity contribution is -0.180. The molecule has 0 atom stereocenters. The molecule has 100 valence electrons. The Morgan fingerprint density at radius 2 is 1.88 bits per heavy atom. The van der Waals surface area contributed by atoms with Crippen molar-refractivity contribution in [3.8, 4) is 0 Å². The topological polar surface area (TPSA) is 46.6 Å². The summed E-state index contributed by atoms with van der Waals surface area (Å²) in [5.41, 5.74) is 0. The van der Waals surface area contributed by atoms with Crippen molar-refractivity contribution in [2.45, 2.75) is 25.7 Å². The van der Waals surface area contributed by atoms with Crippen LogP contribution in [0.15, 0.2) is 0 Å². The van der Waals surface area contributed by atoms with Gasteiger partial charge in [0.15, 0.2) is 0 Å². The van der Waals surface area contributed by atoms with E-state index in [-0.39, 0.29) is 19.5 Å². The fourth-order valence-electron chi connectivity index (χ4n) is 1.04. The number of carbonyl (C=O) groups is 2. The Balaban J connectivity index is 4.56. The summed E-state index contributed by atoms with van der Waals surface area (Å²) in [4.78, 5) is 22.3. The number of carbonyl (C=O) groups excluding carboxylic acids is 2. The maximum absolute atomic E-state index is 12.7. The Kier molecular flexibility index (Phi) is 5.90. The minimum Gasteiger partial charge on any atom is -0.469 e. The van der Waals surface area contributed by atoms with Crippen molar-refractivity contribution >= 4 is 11.9 Å². The third-order valence-corrected chi connectivity index (χ3v) is 2.04. The third kappa shape index (κ3) is 4.20. The largest absolute Gasteiger partial charge is 0.469 e. The molecule has 0 saturated heterocycles. The third-order valence-electron chi connectivity index (χ3n) is 2.04. The summed E-state index contributed by atoms with van der Waals surface area (Å²) < 4.78 is 53.6. The highest BCUT2D eigenvalue weighted by Crippen LogP contribution is 2.25. The summed E-state index contributed by atoms with van der Waals surface area (Å²) in [6.07, 6.45) is -4.39. The monoisotopic (exact) mass is 259 g/mol. The Bertz CT molecular complexity index is 283. The van der Waals surface area contributed by atoms with Crippen LogP contribution in [0.2, 0.25) is 0 Å². The van der Waals surface area contributed by atoms with Crippen molar-refractivity contribution in [2.24, 2.45) is 0 Å². The first kappa shape index (κ1) is 15.7. The van der Waals surface area contributed by atoms with Gasteiger partial charge < -0.3 is 9.64 Å². The first-order chi connectivity index (χ1) is 7.77. The van der Waals surface area contributed by atoms with Gasteiger partial charge in [0.05, 0.1) is 13.5 Å². The first-order valence-electron chi connectivity index (χ1n) is 4.79. The normalized spacial score (nSPS) is 11.5. The van der Waals surface area contributed by atoms with Gasteiger partial charge in [-0.15, -0.1) is 0 Å². The van der Waals surface area contributed by atoms with Gasteiger partial charge in [0.25, 0.3) is 5.91 Å². The number of rotatable bonds is 6. The van der Waals surface area contributed by atoms with Gasteiger partial charge >= 0.3 is 18.3 Å². The molecule has 0 aliphatic rings. The van der Waals surface area contributed by atoms with E-state index >= 15 is 0 Å². The van der Waals surface area contributed by atoms with Crippen LogP contribution in [0.1, 0.15) is 13.3 Å². The Hall–Kier alpha value is -1.34. The van der Waals surface area contributed by atoms with Crippen LogP contribution < -0.4 is 0 Å². The smallest absolute Gasteiger partial charge is 0.383 e. The summed E-state index contributed by atoms with van der Waals surface area (Å²) in [5.74, 6) is -7.43. The maximum atomic E-state index is 12.7. The van der Waals surface area contributed by atoms with Crippen molar-refractivity contribution in [3.05, 3.63) is 0 Å². The number of hydrogen-bond acceptors (Lipinski definition) is 3. The van der Waals surface area contributed by atoms with Gasteiger partial charge in [-0.2, -0.15) is 8.78 Å². The number of hydrogen-bond donors (Lipinski definition) is 0. The van der Waals surface area contributed by atoms with Crippen LogP contribution in [0.25, 0.3) is 0 Å². The second-order valence-corrected chi connectivity index (χ2v) is 3.13. The summed E-state index contributed by atoms with van der Waals surface area (Å²) in [6.45, 7) is 0.763. The molecule has 17 heavy (non-hydrogen) atoms. The highest BCUT2D eigenvalue weighted by molar-refractivity contribution is 5.84. The van der Waals surface area contributed by atoms with Gasteiger partial charge in [-0.3, -0.25) is 9.59 Å². The van der Waals surface area contributed by atoms with Gasteiger partial charge in [0.1, 0.15) is 0 Å². The number of halogens is 4. The molecule has 4 nitrogen and oxygen atoms in total. The predicted octanol–water partition coefficient (Wildman–Crippen LogP) is 1.30. The first-order valence-corrected chi connectivity index (χ1v) is 4.79. The molecular formula is C9H13F4NO3. The lowest BCUT2D eigenvalue weighted by Crippen LogP contribution is -2.48. The SMILES string of the molecule is CCN(CCC(=O)OC)C(=O)C(F)(F)C(F)F. The van der Waals surface area contributed by atoms with Crippen LogP contribution in [-0.2, 0) is 14.3 Å². The highest BCUT2D eigenvalue weighted by atomic mass is 19.3. The van der Waals surface area contributed by atoms with Crippen LogP contribution in [0.3, 0.4) is 0 Å². The van der Waals surface area contributed by atoms with Crippen molar-refractivity contribution in [3.63, 3.8) is 0 Å². The van der Waals surface area contributed by atoms with Gasteiger partial charge in [-0.1, -0.05) is 0 Å². The summed E-state index contributed by atoms with van der Waals surface area (Å²) >= 11 is 0. The molecule has 0 saturated carbocycles. The Morgan fingerprint density at radius 3 is 2.24 bits per heavy atom. The minimum atomic E-state index is -4.73. The van der Waals surface area contributed by atoms with Gasteiger partial charge in [-0.25, -0.2) is 8.78 Å². The van der Waals surface area contributed by atoms with Crippen LogP contribution >= 0.6 is 0 Å². The molecule has 0 aromatic carbocycles. The molecule has 0 aromatic rings. The lowest BCUT2D eigenvalue weighted by Gasteiger charge is -2.24. The Labute approximate surface area is 95.5 Å². The van der Waals surface area contributed by atoms with E-state index in [2.05, 4.69) is 4.74 Å². The van der Waals surface area contributed by atoms with Crippen molar-refractivity contribution in [2.75, 3.05) is 20.2 Å². The van der Waals surface area contributed by atoms with Crippen molar-refractivity contribution < 1.29 is 31.9 Å². The van der Waals surface area contributed by atoms with Crippen molar-refractivity contribution in [1.29, 1.82) is 0 Å². The van der Waals surface area contributed by atoms with E-state index < -0.39 is 24.2 Å². The molecule has 0 heterocycles. The van der Waals surface area contributed by atoms with Gasteiger partial charge in [-0.05, 0) is 6.92 Å². The van der Waals surface area contributed by atoms with Crippen LogP contribution in [0.4, 0.5) is 17.6 Å². The predicted molar refractivity (Wildman–Crippen MR) is 49.8 cm³/mol. The Morgan fingerprint density at radius 1 is 1.35 bits per heavy atom. The molecule has 0 fully saturated rings. The minimum absolute atomic E-state index is 0.196. The number of nitrogens with zero attached hydrogens (tertiary/aromatic N) is 1. The van der Waals surface area contributed by atoms with Crippen LogP contribution in [-0.4, -0.2) is 49.3 Å². The number of amides is 1. The second-order valence-electron chi connectivity index (χ2n) is 3.13. The molecule has 8 heteroatoms. The molecule has 0 radical (unpaired) electrons. The van der Waals surface area contributed by atoms with E-state index in [1.54, 1.807) is 0 Å². The van der Waals surface area contributed by atoms with E-state index in [1.807, 2.05) is 0 Å². The molecular weight excluding hydrogens is 246 g/mol. The maximum Gasteiger partial charge on any atom is 0.383 e. The van der Waals surface area contributed by atoms with Crippen LogP contribution in [0.5, 0.6) is 0 Å². The van der Waals surface area contributed by atoms with E-state index in [4.69, 9.17) is 0 Å². The summed E-state index contributed by atoms with van der Waals surface area (Å²) in [5, 5.41) is 0. The molecule has 0 aromatic heterocycles. The number of alkyl halides is 4. The van der Waals surface area contributed by atoms with E-state index in [9.17, 15) is 27.2 Å². The van der Waals surface area contributed by atoms with E-state index in [1.165, 1.54) is 6.92 Å². The van der Waals surface area contributed by atoms with Crippen LogP contribution in [0, 0.1) is 0 Å². The number of methoxy groups -OCH3 is 1. The summed E-state index contributed by atoms with van der Waals surface area (Å²) in [6, 6.07) is 0. The second kappa shape index (κ2) is 6.41. The lowest BCUT2D eigenvalue weighted by atomic mass is 10.2. The zero-order valence-corrected chi connectivity index (χ0v) is 9.38. The van der Waals surface area contributed by atoms with Crippen molar-refractivity contribution in [1.82, 2.24) is 4.90 Å². The number of ether oxygens (including phenoxy) is 1. The zero-order valence-electron chi connectivity index (χ0n) is 9.38. The fraction of sp³-hybridized carbons (Fsp3) is 0.778. The fourth-order valence-corrected chi connectivity index (χ4v) is 1.04. The quantitative estimate of drug-likeness (QED) is 0.533. The number of esters is 1. The summed E-state index contributed by atoms with van der Waals surface area (Å²) in [7, 11) is 1.09. The van der Waals surface area contributed by atoms with Gasteiger partial charge in [0.2, 0.25) is 0 Å².